The van der Waals surface area contributed by atoms with Gasteiger partial charge in [0.25, 0.3) is 0 Å². The summed E-state index contributed by atoms with van der Waals surface area (Å²) in [6, 6.07) is 7.51. The molecule has 2 rings (SSSR count). The van der Waals surface area contributed by atoms with Crippen LogP contribution in [-0.4, -0.2) is 25.3 Å². The summed E-state index contributed by atoms with van der Waals surface area (Å²) in [5, 5.41) is 2.57. The van der Waals surface area contributed by atoms with Crippen LogP contribution in [-0.2, 0) is 4.74 Å². The smallest absolute Gasteiger partial charge is 0.407 e. The molecule has 1 heterocycles. The van der Waals surface area contributed by atoms with E-state index >= 15 is 0 Å². The third-order valence-electron chi connectivity index (χ3n) is 2.00. The van der Waals surface area contributed by atoms with Crippen molar-refractivity contribution < 1.29 is 14.3 Å². The molecule has 1 saturated heterocycles. The molecule has 15 heavy (non-hydrogen) atoms. The fraction of sp³-hybridized carbons (Fsp3) is 0.300. The average molecular weight is 272 g/mol. The van der Waals surface area contributed by atoms with Crippen molar-refractivity contribution in [3.8, 4) is 5.75 Å². The van der Waals surface area contributed by atoms with Crippen LogP contribution in [0.25, 0.3) is 0 Å². The zero-order valence-corrected chi connectivity index (χ0v) is 9.49. The van der Waals surface area contributed by atoms with Crippen LogP contribution in [0.3, 0.4) is 0 Å². The van der Waals surface area contributed by atoms with Crippen LogP contribution in [0.1, 0.15) is 0 Å². The minimum atomic E-state index is -0.376. The van der Waals surface area contributed by atoms with Crippen LogP contribution in [0.4, 0.5) is 4.79 Å². The molecule has 1 aromatic rings. The average Bonchev–Trinajstić information content (AvgIpc) is 2.64. The number of carbonyl (C=O) groups excluding carboxylic acids is 1. The monoisotopic (exact) mass is 271 g/mol. The SMILES string of the molecule is O=C1NC[C@@H](COc2ccc(Br)cc2)O1. The van der Waals surface area contributed by atoms with Gasteiger partial charge in [0.1, 0.15) is 12.4 Å². The van der Waals surface area contributed by atoms with Crippen molar-refractivity contribution in [2.45, 2.75) is 6.10 Å². The summed E-state index contributed by atoms with van der Waals surface area (Å²) in [6.45, 7) is 0.885. The third kappa shape index (κ3) is 2.86. The summed E-state index contributed by atoms with van der Waals surface area (Å²) in [7, 11) is 0. The molecule has 1 atom stereocenters. The zero-order chi connectivity index (χ0) is 10.7. The Morgan fingerprint density at radius 2 is 2.20 bits per heavy atom. The Morgan fingerprint density at radius 1 is 1.47 bits per heavy atom. The van der Waals surface area contributed by atoms with E-state index in [4.69, 9.17) is 9.47 Å². The molecule has 0 radical (unpaired) electrons. The number of hydrogen-bond donors (Lipinski definition) is 1. The molecule has 0 unspecified atom stereocenters. The predicted octanol–water partition coefficient (Wildman–Crippen LogP) is 1.94. The van der Waals surface area contributed by atoms with E-state index in [1.54, 1.807) is 0 Å². The van der Waals surface area contributed by atoms with Gasteiger partial charge in [-0.25, -0.2) is 4.79 Å². The molecule has 0 saturated carbocycles. The lowest BCUT2D eigenvalue weighted by molar-refractivity contribution is 0.105. The minimum Gasteiger partial charge on any atom is -0.490 e. The first-order valence-electron chi connectivity index (χ1n) is 4.57. The molecule has 1 fully saturated rings. The number of benzene rings is 1. The fourth-order valence-corrected chi connectivity index (χ4v) is 1.51. The van der Waals surface area contributed by atoms with Crippen LogP contribution in [0.2, 0.25) is 0 Å². The van der Waals surface area contributed by atoms with Gasteiger partial charge in [0.2, 0.25) is 0 Å². The van der Waals surface area contributed by atoms with Crippen LogP contribution >= 0.6 is 15.9 Å². The van der Waals surface area contributed by atoms with Gasteiger partial charge < -0.3 is 14.8 Å². The lowest BCUT2D eigenvalue weighted by atomic mass is 10.3. The molecule has 5 heteroatoms. The van der Waals surface area contributed by atoms with Gasteiger partial charge in [-0.15, -0.1) is 0 Å². The molecule has 0 aliphatic carbocycles. The van der Waals surface area contributed by atoms with Gasteiger partial charge in [-0.2, -0.15) is 0 Å². The normalized spacial score (nSPS) is 19.5. The van der Waals surface area contributed by atoms with Gasteiger partial charge in [0.05, 0.1) is 6.54 Å². The minimum absolute atomic E-state index is 0.193. The first-order chi connectivity index (χ1) is 7.24. The Balaban J connectivity index is 1.83. The van der Waals surface area contributed by atoms with Crippen molar-refractivity contribution in [2.75, 3.05) is 13.2 Å². The number of nitrogens with one attached hydrogen (secondary N) is 1. The number of hydrogen-bond acceptors (Lipinski definition) is 3. The highest BCUT2D eigenvalue weighted by Gasteiger charge is 2.22. The van der Waals surface area contributed by atoms with E-state index in [0.717, 1.165) is 10.2 Å². The highest BCUT2D eigenvalue weighted by molar-refractivity contribution is 9.10. The molecule has 1 amide bonds. The van der Waals surface area contributed by atoms with Crippen molar-refractivity contribution in [2.24, 2.45) is 0 Å². The van der Waals surface area contributed by atoms with E-state index < -0.39 is 0 Å². The van der Waals surface area contributed by atoms with Crippen LogP contribution in [0, 0.1) is 0 Å². The van der Waals surface area contributed by atoms with Gasteiger partial charge in [0.15, 0.2) is 6.10 Å². The largest absolute Gasteiger partial charge is 0.490 e. The summed E-state index contributed by atoms with van der Waals surface area (Å²) < 4.78 is 11.4. The number of alkyl carbamates (subject to hydrolysis) is 1. The van der Waals surface area contributed by atoms with E-state index in [9.17, 15) is 4.79 Å². The second kappa shape index (κ2) is 4.53. The van der Waals surface area contributed by atoms with Gasteiger partial charge in [-0.05, 0) is 24.3 Å². The molecule has 1 aliphatic heterocycles. The number of ether oxygens (including phenoxy) is 2. The Morgan fingerprint density at radius 3 is 2.80 bits per heavy atom. The zero-order valence-electron chi connectivity index (χ0n) is 7.90. The molecule has 1 N–H and O–H groups in total. The lowest BCUT2D eigenvalue weighted by Gasteiger charge is -2.09. The second-order valence-corrected chi connectivity index (χ2v) is 4.09. The molecular weight excluding hydrogens is 262 g/mol. The Labute approximate surface area is 95.7 Å². The fourth-order valence-electron chi connectivity index (χ4n) is 1.24. The summed E-state index contributed by atoms with van der Waals surface area (Å²) >= 11 is 3.34. The number of rotatable bonds is 3. The molecule has 1 aromatic carbocycles. The highest BCUT2D eigenvalue weighted by atomic mass is 79.9. The highest BCUT2D eigenvalue weighted by Crippen LogP contribution is 2.16. The quantitative estimate of drug-likeness (QED) is 0.914. The summed E-state index contributed by atoms with van der Waals surface area (Å²) in [4.78, 5) is 10.7. The summed E-state index contributed by atoms with van der Waals surface area (Å²) in [5.41, 5.74) is 0. The van der Waals surface area contributed by atoms with Gasteiger partial charge >= 0.3 is 6.09 Å². The molecular formula is C10H10BrNO3. The van der Waals surface area contributed by atoms with Crippen molar-refractivity contribution in [1.29, 1.82) is 0 Å². The van der Waals surface area contributed by atoms with Crippen molar-refractivity contribution in [1.82, 2.24) is 5.32 Å². The van der Waals surface area contributed by atoms with E-state index in [1.165, 1.54) is 0 Å². The second-order valence-electron chi connectivity index (χ2n) is 3.17. The maximum atomic E-state index is 10.7. The number of cyclic esters (lactones) is 1. The summed E-state index contributed by atoms with van der Waals surface area (Å²) in [6.07, 6.45) is -0.569. The lowest BCUT2D eigenvalue weighted by Crippen LogP contribution is -2.21. The number of halogens is 1. The third-order valence-corrected chi connectivity index (χ3v) is 2.53. The Kier molecular flexibility index (Phi) is 3.11. The van der Waals surface area contributed by atoms with Crippen molar-refractivity contribution in [3.63, 3.8) is 0 Å². The van der Waals surface area contributed by atoms with Crippen molar-refractivity contribution >= 4 is 22.0 Å². The maximum absolute atomic E-state index is 10.7. The van der Waals surface area contributed by atoms with E-state index in [1.807, 2.05) is 24.3 Å². The van der Waals surface area contributed by atoms with Gasteiger partial charge in [-0.3, -0.25) is 0 Å². The topological polar surface area (TPSA) is 47.6 Å². The summed E-state index contributed by atoms with van der Waals surface area (Å²) in [5.74, 6) is 0.765. The Hall–Kier alpha value is -1.23. The molecule has 80 valence electrons. The van der Waals surface area contributed by atoms with E-state index in [-0.39, 0.29) is 12.2 Å². The molecule has 4 nitrogen and oxygen atoms in total. The molecule has 1 aliphatic rings. The van der Waals surface area contributed by atoms with Gasteiger partial charge in [0, 0.05) is 4.47 Å². The number of amides is 1. The number of carbonyl (C=O) groups is 1. The van der Waals surface area contributed by atoms with Crippen LogP contribution in [0.5, 0.6) is 5.75 Å². The molecule has 0 spiro atoms. The van der Waals surface area contributed by atoms with Gasteiger partial charge in [-0.1, -0.05) is 15.9 Å². The maximum Gasteiger partial charge on any atom is 0.407 e. The van der Waals surface area contributed by atoms with Crippen LogP contribution < -0.4 is 10.1 Å². The van der Waals surface area contributed by atoms with Crippen LogP contribution in [0.15, 0.2) is 28.7 Å². The van der Waals surface area contributed by atoms with E-state index in [2.05, 4.69) is 21.2 Å². The first-order valence-corrected chi connectivity index (χ1v) is 5.36. The van der Waals surface area contributed by atoms with Crippen molar-refractivity contribution in [3.05, 3.63) is 28.7 Å². The Bertz CT molecular complexity index is 352. The predicted molar refractivity (Wildman–Crippen MR) is 57.9 cm³/mol. The molecule has 0 aromatic heterocycles. The first kappa shape index (κ1) is 10.3. The standard InChI is InChI=1S/C10H10BrNO3/c11-7-1-3-8(4-2-7)14-6-9-5-12-10(13)15-9/h1-4,9H,5-6H2,(H,12,13)/t9-/m0/s1. The molecule has 0 bridgehead atoms. The van der Waals surface area contributed by atoms with E-state index in [0.29, 0.717) is 13.2 Å².